The largest absolute Gasteiger partial charge is 0.420 e. The fourth-order valence-corrected chi connectivity index (χ4v) is 4.46. The lowest BCUT2D eigenvalue weighted by molar-refractivity contribution is -0.116. The topological polar surface area (TPSA) is 102 Å². The van der Waals surface area contributed by atoms with Gasteiger partial charge in [-0.25, -0.2) is 13.2 Å². The number of sulfonamides is 1. The monoisotopic (exact) mass is 403 g/mol. The van der Waals surface area contributed by atoms with Gasteiger partial charge in [0.2, 0.25) is 15.9 Å². The number of nitrogens with one attached hydrogen (secondary N) is 1. The second-order valence-corrected chi connectivity index (χ2v) is 8.03. The maximum Gasteiger partial charge on any atom is 0.420 e. The first kappa shape index (κ1) is 19.8. The fourth-order valence-electron chi connectivity index (χ4n) is 2.95. The molecule has 3 rings (SSSR count). The van der Waals surface area contributed by atoms with Crippen molar-refractivity contribution in [1.82, 2.24) is 8.87 Å². The molecule has 0 saturated heterocycles. The van der Waals surface area contributed by atoms with Crippen LogP contribution in [0.15, 0.2) is 62.6 Å². The van der Waals surface area contributed by atoms with E-state index in [2.05, 4.69) is 5.32 Å². The van der Waals surface area contributed by atoms with E-state index in [0.29, 0.717) is 29.9 Å². The van der Waals surface area contributed by atoms with Gasteiger partial charge in [-0.1, -0.05) is 32.0 Å². The van der Waals surface area contributed by atoms with Gasteiger partial charge in [0.05, 0.1) is 10.4 Å². The van der Waals surface area contributed by atoms with E-state index >= 15 is 0 Å². The zero-order valence-electron chi connectivity index (χ0n) is 15.6. The molecule has 0 unspecified atom stereocenters. The van der Waals surface area contributed by atoms with Crippen LogP contribution < -0.4 is 11.1 Å². The summed E-state index contributed by atoms with van der Waals surface area (Å²) < 4.78 is 32.9. The van der Waals surface area contributed by atoms with Gasteiger partial charge < -0.3 is 9.73 Å². The van der Waals surface area contributed by atoms with Crippen LogP contribution in [-0.4, -0.2) is 36.3 Å². The number of carbonyl (C=O) groups excluding carboxylic acids is 1. The summed E-state index contributed by atoms with van der Waals surface area (Å²) in [6.07, 6.45) is 0. The van der Waals surface area contributed by atoms with Crippen LogP contribution >= 0.6 is 0 Å². The van der Waals surface area contributed by atoms with Gasteiger partial charge in [0.25, 0.3) is 0 Å². The number of hydrogen-bond donors (Lipinski definition) is 1. The van der Waals surface area contributed by atoms with Crippen molar-refractivity contribution in [1.29, 1.82) is 0 Å². The molecule has 1 amide bonds. The molecule has 0 saturated carbocycles. The molecule has 0 spiro atoms. The Balaban J connectivity index is 1.81. The van der Waals surface area contributed by atoms with Gasteiger partial charge in [0.1, 0.15) is 6.54 Å². The molecule has 0 aliphatic rings. The Morgan fingerprint density at radius 3 is 2.54 bits per heavy atom. The van der Waals surface area contributed by atoms with Crippen LogP contribution in [-0.2, 0) is 21.4 Å². The minimum absolute atomic E-state index is 0.0972. The molecule has 0 fully saturated rings. The van der Waals surface area contributed by atoms with Crippen LogP contribution in [0.2, 0.25) is 0 Å². The third-order valence-corrected chi connectivity index (χ3v) is 6.38. The zero-order chi connectivity index (χ0) is 20.3. The van der Waals surface area contributed by atoms with Crippen LogP contribution in [0.5, 0.6) is 0 Å². The van der Waals surface area contributed by atoms with Gasteiger partial charge in [-0.2, -0.15) is 4.31 Å². The molecule has 0 atom stereocenters. The summed E-state index contributed by atoms with van der Waals surface area (Å²) in [5.41, 5.74) is 1.24. The highest BCUT2D eigenvalue weighted by Gasteiger charge is 2.22. The fraction of sp³-hybridized carbons (Fsp3) is 0.263. The average Bonchev–Trinajstić information content (AvgIpc) is 2.98. The van der Waals surface area contributed by atoms with Crippen molar-refractivity contribution in [2.75, 3.05) is 18.4 Å². The molecular weight excluding hydrogens is 382 g/mol. The number of para-hydroxylation sites is 2. The molecule has 0 bridgehead atoms. The minimum Gasteiger partial charge on any atom is -0.408 e. The van der Waals surface area contributed by atoms with Crippen LogP contribution in [0.3, 0.4) is 0 Å². The van der Waals surface area contributed by atoms with Crippen molar-refractivity contribution in [3.8, 4) is 0 Å². The third-order valence-electron chi connectivity index (χ3n) is 4.34. The SMILES string of the molecule is CCN(CC)S(=O)(=O)c1cccc(NC(=O)Cn2c(=O)oc3ccccc32)c1. The summed E-state index contributed by atoms with van der Waals surface area (Å²) >= 11 is 0. The van der Waals surface area contributed by atoms with Gasteiger partial charge in [-0.05, 0) is 30.3 Å². The summed E-state index contributed by atoms with van der Waals surface area (Å²) in [5.74, 6) is -1.10. The number of amides is 1. The molecule has 9 heteroatoms. The first-order valence-electron chi connectivity index (χ1n) is 8.85. The number of aromatic nitrogens is 1. The van der Waals surface area contributed by atoms with Crippen LogP contribution in [0.4, 0.5) is 5.69 Å². The van der Waals surface area contributed by atoms with Gasteiger partial charge in [0, 0.05) is 18.8 Å². The summed E-state index contributed by atoms with van der Waals surface area (Å²) in [7, 11) is -3.63. The van der Waals surface area contributed by atoms with Crippen LogP contribution in [0.25, 0.3) is 11.1 Å². The van der Waals surface area contributed by atoms with E-state index in [9.17, 15) is 18.0 Å². The van der Waals surface area contributed by atoms with Crippen molar-refractivity contribution < 1.29 is 17.6 Å². The molecular formula is C19H21N3O5S. The molecule has 28 heavy (non-hydrogen) atoms. The minimum atomic E-state index is -3.63. The molecule has 1 heterocycles. The summed E-state index contributed by atoms with van der Waals surface area (Å²) in [4.78, 5) is 24.5. The van der Waals surface area contributed by atoms with Crippen LogP contribution in [0.1, 0.15) is 13.8 Å². The maximum atomic E-state index is 12.6. The number of nitrogens with zero attached hydrogens (tertiary/aromatic N) is 2. The molecule has 1 N–H and O–H groups in total. The normalized spacial score (nSPS) is 11.8. The van der Waals surface area contributed by atoms with Gasteiger partial charge in [0.15, 0.2) is 5.58 Å². The standard InChI is InChI=1S/C19H21N3O5S/c1-3-21(4-2)28(25,26)15-9-7-8-14(12-15)20-18(23)13-22-16-10-5-6-11-17(16)27-19(22)24/h5-12H,3-4,13H2,1-2H3,(H,20,23). The van der Waals surface area contributed by atoms with Gasteiger partial charge >= 0.3 is 5.76 Å². The number of carbonyl (C=O) groups is 1. The number of oxazole rings is 1. The van der Waals surface area contributed by atoms with E-state index in [4.69, 9.17) is 4.42 Å². The molecule has 3 aromatic rings. The highest BCUT2D eigenvalue weighted by molar-refractivity contribution is 7.89. The lowest BCUT2D eigenvalue weighted by Crippen LogP contribution is -2.30. The predicted octanol–water partition coefficient (Wildman–Crippen LogP) is 2.26. The number of benzene rings is 2. The van der Waals surface area contributed by atoms with E-state index in [-0.39, 0.29) is 11.4 Å². The second kappa shape index (κ2) is 7.99. The quantitative estimate of drug-likeness (QED) is 0.652. The number of hydrogen-bond acceptors (Lipinski definition) is 5. The second-order valence-electron chi connectivity index (χ2n) is 6.09. The highest BCUT2D eigenvalue weighted by Crippen LogP contribution is 2.20. The lowest BCUT2D eigenvalue weighted by Gasteiger charge is -2.18. The highest BCUT2D eigenvalue weighted by atomic mass is 32.2. The Morgan fingerprint density at radius 2 is 1.82 bits per heavy atom. The zero-order valence-corrected chi connectivity index (χ0v) is 16.4. The smallest absolute Gasteiger partial charge is 0.408 e. The molecule has 1 aromatic heterocycles. The van der Waals surface area contributed by atoms with Crippen molar-refractivity contribution in [2.45, 2.75) is 25.3 Å². The van der Waals surface area contributed by atoms with E-state index in [0.717, 1.165) is 0 Å². The number of rotatable bonds is 7. The van der Waals surface area contributed by atoms with Crippen LogP contribution in [0, 0.1) is 0 Å². The van der Waals surface area contributed by atoms with E-state index < -0.39 is 21.7 Å². The summed E-state index contributed by atoms with van der Waals surface area (Å²) in [5, 5.41) is 2.64. The van der Waals surface area contributed by atoms with E-state index in [1.54, 1.807) is 50.2 Å². The third kappa shape index (κ3) is 3.85. The van der Waals surface area contributed by atoms with Crippen molar-refractivity contribution in [2.24, 2.45) is 0 Å². The van der Waals surface area contributed by atoms with Crippen molar-refractivity contribution in [3.05, 3.63) is 59.1 Å². The molecule has 0 aliphatic carbocycles. The van der Waals surface area contributed by atoms with E-state index in [1.807, 2.05) is 0 Å². The molecule has 148 valence electrons. The Morgan fingerprint density at radius 1 is 1.11 bits per heavy atom. The lowest BCUT2D eigenvalue weighted by atomic mass is 10.3. The summed E-state index contributed by atoms with van der Waals surface area (Å²) in [6.45, 7) is 3.99. The van der Waals surface area contributed by atoms with Gasteiger partial charge in [-0.15, -0.1) is 0 Å². The van der Waals surface area contributed by atoms with Gasteiger partial charge in [-0.3, -0.25) is 9.36 Å². The average molecular weight is 403 g/mol. The Bertz CT molecular complexity index is 1160. The molecule has 2 aromatic carbocycles. The number of anilines is 1. The Hall–Kier alpha value is -2.91. The maximum absolute atomic E-state index is 12.6. The van der Waals surface area contributed by atoms with E-state index in [1.165, 1.54) is 21.0 Å². The number of fused-ring (bicyclic) bond motifs is 1. The molecule has 0 radical (unpaired) electrons. The first-order valence-corrected chi connectivity index (χ1v) is 10.3. The molecule has 8 nitrogen and oxygen atoms in total. The van der Waals surface area contributed by atoms with Crippen molar-refractivity contribution >= 4 is 32.7 Å². The first-order chi connectivity index (χ1) is 13.4. The Labute approximate surface area is 162 Å². The molecule has 0 aliphatic heterocycles. The Kier molecular flexibility index (Phi) is 5.66. The predicted molar refractivity (Wildman–Crippen MR) is 106 cm³/mol. The van der Waals surface area contributed by atoms with Crippen molar-refractivity contribution in [3.63, 3.8) is 0 Å². The summed E-state index contributed by atoms with van der Waals surface area (Å²) in [6, 6.07) is 12.8.